The van der Waals surface area contributed by atoms with Crippen LogP contribution in [0.2, 0.25) is 5.02 Å². The molecule has 1 aromatic carbocycles. The molecular weight excluding hydrogens is 289 g/mol. The summed E-state index contributed by atoms with van der Waals surface area (Å²) in [5, 5.41) is 1.31. The van der Waals surface area contributed by atoms with Gasteiger partial charge in [-0.3, -0.25) is 4.98 Å². The highest BCUT2D eigenvalue weighted by molar-refractivity contribution is 6.31. The van der Waals surface area contributed by atoms with E-state index in [9.17, 15) is 4.39 Å². The van der Waals surface area contributed by atoms with Crippen molar-refractivity contribution in [2.45, 2.75) is 13.3 Å². The van der Waals surface area contributed by atoms with Crippen molar-refractivity contribution in [2.75, 3.05) is 5.73 Å². The molecular formula is C16H13ClFN3. The second-order valence-corrected chi connectivity index (χ2v) is 5.17. The van der Waals surface area contributed by atoms with Crippen LogP contribution >= 0.6 is 11.6 Å². The lowest BCUT2D eigenvalue weighted by molar-refractivity contribution is 0.632. The normalized spacial score (nSPS) is 11.0. The lowest BCUT2D eigenvalue weighted by Crippen LogP contribution is -1.99. The van der Waals surface area contributed by atoms with Crippen molar-refractivity contribution < 1.29 is 4.39 Å². The molecule has 3 aromatic rings. The van der Waals surface area contributed by atoms with Crippen LogP contribution in [0.15, 0.2) is 36.5 Å². The van der Waals surface area contributed by atoms with Gasteiger partial charge in [-0.1, -0.05) is 18.5 Å². The van der Waals surface area contributed by atoms with E-state index in [1.807, 2.05) is 6.92 Å². The van der Waals surface area contributed by atoms with Crippen molar-refractivity contribution in [2.24, 2.45) is 0 Å². The zero-order chi connectivity index (χ0) is 15.0. The number of nitrogen functional groups attached to an aromatic ring is 1. The predicted octanol–water partition coefficient (Wildman–Crippen LogP) is 4.23. The molecule has 0 aliphatic heterocycles. The van der Waals surface area contributed by atoms with Gasteiger partial charge in [-0.05, 0) is 36.8 Å². The summed E-state index contributed by atoms with van der Waals surface area (Å²) in [6.45, 7) is 1.96. The number of hydrogen-bond donors (Lipinski definition) is 1. The molecule has 0 aliphatic rings. The van der Waals surface area contributed by atoms with E-state index in [1.54, 1.807) is 24.3 Å². The van der Waals surface area contributed by atoms with Crippen molar-refractivity contribution >= 4 is 28.3 Å². The van der Waals surface area contributed by atoms with E-state index in [0.717, 1.165) is 11.1 Å². The van der Waals surface area contributed by atoms with Crippen molar-refractivity contribution in [3.05, 3.63) is 53.1 Å². The first-order valence-corrected chi connectivity index (χ1v) is 6.97. The number of benzene rings is 1. The maximum absolute atomic E-state index is 14.4. The van der Waals surface area contributed by atoms with Gasteiger partial charge in [0.2, 0.25) is 0 Å². The summed E-state index contributed by atoms with van der Waals surface area (Å²) >= 11 is 5.95. The van der Waals surface area contributed by atoms with Crippen LogP contribution in [0.3, 0.4) is 0 Å². The summed E-state index contributed by atoms with van der Waals surface area (Å²) < 4.78 is 14.4. The number of rotatable bonds is 2. The third-order valence-electron chi connectivity index (χ3n) is 3.37. The maximum Gasteiger partial charge on any atom is 0.133 e. The Morgan fingerprint density at radius 2 is 2.05 bits per heavy atom. The van der Waals surface area contributed by atoms with E-state index in [0.29, 0.717) is 33.9 Å². The van der Waals surface area contributed by atoms with Crippen molar-refractivity contribution in [3.63, 3.8) is 0 Å². The van der Waals surface area contributed by atoms with Gasteiger partial charge in [0.15, 0.2) is 0 Å². The molecule has 3 rings (SSSR count). The van der Waals surface area contributed by atoms with Gasteiger partial charge in [0, 0.05) is 22.7 Å². The minimum atomic E-state index is -0.335. The Bertz CT molecular complexity index is 833. The molecule has 2 aromatic heterocycles. The SMILES string of the molecule is CCc1nc(N)ccc1-c1c(F)ccc2cc(Cl)cnc12. The number of aromatic nitrogens is 2. The van der Waals surface area contributed by atoms with Gasteiger partial charge in [0.05, 0.1) is 16.2 Å². The Kier molecular flexibility index (Phi) is 3.47. The molecule has 2 heterocycles. The summed E-state index contributed by atoms with van der Waals surface area (Å²) in [6.07, 6.45) is 2.17. The number of aryl methyl sites for hydroxylation is 1. The van der Waals surface area contributed by atoms with Crippen LogP contribution in [0, 0.1) is 5.82 Å². The fraction of sp³-hybridized carbons (Fsp3) is 0.125. The lowest BCUT2D eigenvalue weighted by Gasteiger charge is -2.11. The summed E-state index contributed by atoms with van der Waals surface area (Å²) in [5.74, 6) is 0.0887. The first kappa shape index (κ1) is 13.8. The van der Waals surface area contributed by atoms with Crippen LogP contribution in [0.4, 0.5) is 10.2 Å². The molecule has 0 amide bonds. The fourth-order valence-corrected chi connectivity index (χ4v) is 2.59. The maximum atomic E-state index is 14.4. The lowest BCUT2D eigenvalue weighted by atomic mass is 9.99. The van der Waals surface area contributed by atoms with Crippen LogP contribution in [-0.4, -0.2) is 9.97 Å². The van der Waals surface area contributed by atoms with E-state index in [1.165, 1.54) is 12.3 Å². The van der Waals surface area contributed by atoms with Crippen LogP contribution < -0.4 is 5.73 Å². The Hall–Kier alpha value is -2.20. The molecule has 106 valence electrons. The minimum absolute atomic E-state index is 0.335. The highest BCUT2D eigenvalue weighted by Crippen LogP contribution is 2.33. The van der Waals surface area contributed by atoms with Crippen molar-refractivity contribution in [1.29, 1.82) is 0 Å². The van der Waals surface area contributed by atoms with Gasteiger partial charge < -0.3 is 5.73 Å². The third-order valence-corrected chi connectivity index (χ3v) is 3.58. The van der Waals surface area contributed by atoms with Crippen LogP contribution in [0.25, 0.3) is 22.0 Å². The molecule has 0 aliphatic carbocycles. The van der Waals surface area contributed by atoms with Gasteiger partial charge in [-0.2, -0.15) is 0 Å². The fourth-order valence-electron chi connectivity index (χ4n) is 2.42. The average molecular weight is 302 g/mol. The number of nitrogens with zero attached hydrogens (tertiary/aromatic N) is 2. The first-order chi connectivity index (χ1) is 10.1. The summed E-state index contributed by atoms with van der Waals surface area (Å²) in [7, 11) is 0. The van der Waals surface area contributed by atoms with Crippen LogP contribution in [-0.2, 0) is 6.42 Å². The van der Waals surface area contributed by atoms with Gasteiger partial charge in [-0.15, -0.1) is 0 Å². The van der Waals surface area contributed by atoms with E-state index in [2.05, 4.69) is 9.97 Å². The average Bonchev–Trinajstić information content (AvgIpc) is 2.48. The molecule has 0 spiro atoms. The number of fused-ring (bicyclic) bond motifs is 1. The molecule has 0 radical (unpaired) electrons. The second-order valence-electron chi connectivity index (χ2n) is 4.73. The Morgan fingerprint density at radius 3 is 2.81 bits per heavy atom. The van der Waals surface area contributed by atoms with Gasteiger partial charge in [-0.25, -0.2) is 9.37 Å². The largest absolute Gasteiger partial charge is 0.384 e. The summed E-state index contributed by atoms with van der Waals surface area (Å²) in [4.78, 5) is 8.58. The Morgan fingerprint density at radius 1 is 1.24 bits per heavy atom. The van der Waals surface area contributed by atoms with E-state index in [-0.39, 0.29) is 5.82 Å². The van der Waals surface area contributed by atoms with Crippen LogP contribution in [0.5, 0.6) is 0 Å². The third kappa shape index (κ3) is 2.43. The standard InChI is InChI=1S/C16H13ClFN3/c1-2-13-11(4-6-14(19)21-13)15-12(18)5-3-9-7-10(17)8-20-16(9)15/h3-8H,2H2,1H3,(H2,19,21). The number of hydrogen-bond acceptors (Lipinski definition) is 3. The number of nitrogens with two attached hydrogens (primary N) is 1. The second kappa shape index (κ2) is 5.30. The molecule has 21 heavy (non-hydrogen) atoms. The Balaban J connectivity index is 2.36. The molecule has 2 N–H and O–H groups in total. The highest BCUT2D eigenvalue weighted by atomic mass is 35.5. The molecule has 3 nitrogen and oxygen atoms in total. The minimum Gasteiger partial charge on any atom is -0.384 e. The van der Waals surface area contributed by atoms with Gasteiger partial charge in [0.25, 0.3) is 0 Å². The van der Waals surface area contributed by atoms with Gasteiger partial charge >= 0.3 is 0 Å². The van der Waals surface area contributed by atoms with Crippen LogP contribution in [0.1, 0.15) is 12.6 Å². The highest BCUT2D eigenvalue weighted by Gasteiger charge is 2.15. The predicted molar refractivity (Wildman–Crippen MR) is 83.7 cm³/mol. The van der Waals surface area contributed by atoms with Crippen molar-refractivity contribution in [1.82, 2.24) is 9.97 Å². The molecule has 0 saturated heterocycles. The number of anilines is 1. The van der Waals surface area contributed by atoms with Crippen molar-refractivity contribution in [3.8, 4) is 11.1 Å². The number of pyridine rings is 2. The zero-order valence-corrected chi connectivity index (χ0v) is 12.2. The molecule has 0 bridgehead atoms. The first-order valence-electron chi connectivity index (χ1n) is 6.59. The number of halogens is 2. The smallest absolute Gasteiger partial charge is 0.133 e. The molecule has 0 unspecified atom stereocenters. The monoisotopic (exact) mass is 301 g/mol. The quantitative estimate of drug-likeness (QED) is 0.770. The van der Waals surface area contributed by atoms with E-state index in [4.69, 9.17) is 17.3 Å². The zero-order valence-electron chi connectivity index (χ0n) is 11.4. The van der Waals surface area contributed by atoms with E-state index < -0.39 is 0 Å². The van der Waals surface area contributed by atoms with Gasteiger partial charge in [0.1, 0.15) is 11.6 Å². The Labute approximate surface area is 126 Å². The summed E-state index contributed by atoms with van der Waals surface area (Å²) in [5.41, 5.74) is 8.18. The van der Waals surface area contributed by atoms with E-state index >= 15 is 0 Å². The topological polar surface area (TPSA) is 51.8 Å². The molecule has 0 saturated carbocycles. The molecule has 0 atom stereocenters. The molecule has 0 fully saturated rings. The molecule has 5 heteroatoms. The summed E-state index contributed by atoms with van der Waals surface area (Å²) in [6, 6.07) is 8.32.